The van der Waals surface area contributed by atoms with Crippen LogP contribution < -0.4 is 26.6 Å². The Bertz CT molecular complexity index is 3290. The Labute approximate surface area is 685 Å². The molecule has 700 valence electrons. The van der Waals surface area contributed by atoms with E-state index in [1.165, 1.54) is 0 Å². The third-order valence-electron chi connectivity index (χ3n) is 21.4. The van der Waals surface area contributed by atoms with Crippen molar-refractivity contribution < 1.29 is 242 Å². The van der Waals surface area contributed by atoms with Gasteiger partial charge in [0.05, 0.1) is 84.3 Å². The Balaban J connectivity index is 1.12. The zero-order chi connectivity index (χ0) is 90.0. The minimum Gasteiger partial charge on any atom is -0.477 e. The summed E-state index contributed by atoms with van der Waals surface area (Å²) in [6, 6.07) is -9.21. The van der Waals surface area contributed by atoms with Crippen LogP contribution >= 0.6 is 0 Å². The predicted octanol–water partition coefficient (Wildman–Crippen LogP) is -21.1. The molecule has 8 saturated heterocycles. The zero-order valence-corrected chi connectivity index (χ0v) is 65.2. The predicted molar refractivity (Wildman–Crippen MR) is 374 cm³/mol. The molecule has 8 rings (SSSR count). The summed E-state index contributed by atoms with van der Waals surface area (Å²) in [4.78, 5) is 75.8. The SMILES string of the molecule is CC(=O)N[C@H]1[C@H](O[C@@H]([C@H](O)[C@H](CO)NC(C)=O)[C@H](O)CO)O[C@H](CO)[C@@H](O[C@@H]2O[C@H](CO[C@H]3O[C@H](CO)[C@@H](O)[C@H](O)[C@@H]3O[C@@H]3O[C@H](CO)[C@@H](O)[C@H](O)[C@H]3NC(C)=O)[C@@H](O)[C@H](O[C@H]3O[C@H](CO)[C@@H](O)[C@H](O)[C@@H]3O[C@@H]3O[C@H](CO)[C@@H](O[C@@H]4O[C@H](CO[C@]5(C(=O)O)C[C@H](O)[C@@H](NC(C)=O)[C@H]([C@H](O)[C@H](O)CO)O5)[C@H](O)[C@H](O)[C@H]4O)[C@H](O)[C@H]3NC(C)=O)[C@@H]2O)[C@@H]1O. The Morgan fingerprint density at radius 3 is 1.22 bits per heavy atom. The average Bonchev–Trinajstić information content (AvgIpc) is 0.760. The maximum atomic E-state index is 13.2. The number of hydrogen-bond donors (Lipinski definition) is 32. The first-order valence-electron chi connectivity index (χ1n) is 38.2. The molecule has 0 aliphatic carbocycles. The van der Waals surface area contributed by atoms with E-state index < -0.39 is 383 Å². The number of nitrogens with one attached hydrogen (secondary N) is 5. The lowest BCUT2D eigenvalue weighted by Crippen LogP contribution is -2.70. The summed E-state index contributed by atoms with van der Waals surface area (Å²) in [5, 5.41) is 311. The summed E-state index contributed by atoms with van der Waals surface area (Å²) in [7, 11) is 0. The average molecular weight is 1770 g/mol. The second kappa shape index (κ2) is 44.7. The maximum absolute atomic E-state index is 13.2. The van der Waals surface area contributed by atoms with Gasteiger partial charge >= 0.3 is 5.97 Å². The first-order chi connectivity index (χ1) is 57.0. The number of carboxylic acid groups (broad SMARTS) is 1. The number of carbonyl (C=O) groups excluding carboxylic acids is 5. The molecule has 45 atom stereocenters. The van der Waals surface area contributed by atoms with Crippen molar-refractivity contribution in [3.63, 3.8) is 0 Å². The minimum absolute atomic E-state index is 0.823. The number of hydrogen-bond acceptors (Lipinski definition) is 48. The van der Waals surface area contributed by atoms with Crippen LogP contribution in [0.25, 0.3) is 0 Å². The molecule has 5 amide bonds. The van der Waals surface area contributed by atoms with Crippen molar-refractivity contribution in [2.24, 2.45) is 0 Å². The molecular formula is C67H113N5O49. The van der Waals surface area contributed by atoms with E-state index in [-0.39, 0.29) is 0 Å². The van der Waals surface area contributed by atoms with E-state index in [9.17, 15) is 167 Å². The monoisotopic (exact) mass is 1770 g/mol. The molecule has 54 nitrogen and oxygen atoms in total. The number of carbonyl (C=O) groups is 6. The van der Waals surface area contributed by atoms with E-state index in [1.54, 1.807) is 0 Å². The molecule has 121 heavy (non-hydrogen) atoms. The van der Waals surface area contributed by atoms with Crippen molar-refractivity contribution in [2.75, 3.05) is 66.1 Å². The fourth-order valence-corrected chi connectivity index (χ4v) is 15.0. The Morgan fingerprint density at radius 2 is 0.760 bits per heavy atom. The lowest BCUT2D eigenvalue weighted by molar-refractivity contribution is -0.398. The third kappa shape index (κ3) is 23.6. The fourth-order valence-electron chi connectivity index (χ4n) is 15.0. The second-order valence-corrected chi connectivity index (χ2v) is 30.1. The van der Waals surface area contributed by atoms with E-state index in [0.717, 1.165) is 34.6 Å². The quantitative estimate of drug-likeness (QED) is 0.0275. The molecule has 0 aromatic carbocycles. The van der Waals surface area contributed by atoms with Gasteiger partial charge in [0.1, 0.15) is 207 Å². The van der Waals surface area contributed by atoms with Crippen LogP contribution in [-0.4, -0.2) is 515 Å². The number of ether oxygens (including phenoxy) is 16. The summed E-state index contributed by atoms with van der Waals surface area (Å²) in [5.74, 6) is -9.72. The Hall–Kier alpha value is -4.86. The van der Waals surface area contributed by atoms with Crippen molar-refractivity contribution in [2.45, 2.75) is 316 Å². The van der Waals surface area contributed by atoms with Crippen molar-refractivity contribution >= 4 is 35.5 Å². The Kier molecular flexibility index (Phi) is 37.5. The van der Waals surface area contributed by atoms with Gasteiger partial charge in [-0.25, -0.2) is 4.79 Å². The highest BCUT2D eigenvalue weighted by atomic mass is 16.8. The highest BCUT2D eigenvalue weighted by molar-refractivity contribution is 5.77. The number of aliphatic hydroxyl groups excluding tert-OH is 26. The van der Waals surface area contributed by atoms with Gasteiger partial charge in [0.2, 0.25) is 29.5 Å². The van der Waals surface area contributed by atoms with Crippen LogP contribution in [0.4, 0.5) is 0 Å². The van der Waals surface area contributed by atoms with E-state index in [2.05, 4.69) is 26.6 Å². The van der Waals surface area contributed by atoms with Crippen molar-refractivity contribution in [1.82, 2.24) is 26.6 Å². The van der Waals surface area contributed by atoms with Gasteiger partial charge in [-0.3, -0.25) is 24.0 Å². The highest BCUT2D eigenvalue weighted by Crippen LogP contribution is 2.41. The number of rotatable bonds is 37. The molecule has 8 fully saturated rings. The van der Waals surface area contributed by atoms with Gasteiger partial charge in [0.15, 0.2) is 44.0 Å². The molecule has 8 aliphatic heterocycles. The van der Waals surface area contributed by atoms with Gasteiger partial charge in [-0.2, -0.15) is 0 Å². The van der Waals surface area contributed by atoms with E-state index in [1.807, 2.05) is 0 Å². The van der Waals surface area contributed by atoms with Gasteiger partial charge < -0.3 is 240 Å². The molecule has 0 spiro atoms. The van der Waals surface area contributed by atoms with Crippen LogP contribution in [0.1, 0.15) is 41.0 Å². The van der Waals surface area contributed by atoms with Gasteiger partial charge in [0.25, 0.3) is 5.79 Å². The van der Waals surface area contributed by atoms with E-state index in [4.69, 9.17) is 75.8 Å². The van der Waals surface area contributed by atoms with Crippen molar-refractivity contribution in [1.29, 1.82) is 0 Å². The normalized spacial score (nSPS) is 43.9. The lowest BCUT2D eigenvalue weighted by atomic mass is 9.88. The molecule has 0 bridgehead atoms. The van der Waals surface area contributed by atoms with Crippen molar-refractivity contribution in [3.8, 4) is 0 Å². The summed E-state index contributed by atoms with van der Waals surface area (Å²) in [6.45, 7) is -7.03. The van der Waals surface area contributed by atoms with Crippen LogP contribution in [0.2, 0.25) is 0 Å². The maximum Gasteiger partial charge on any atom is 0.364 e. The molecule has 0 radical (unpaired) electrons. The molecule has 0 aromatic heterocycles. The Morgan fingerprint density at radius 1 is 0.372 bits per heavy atom. The molecule has 8 aliphatic rings. The van der Waals surface area contributed by atoms with Crippen LogP contribution in [0.15, 0.2) is 0 Å². The zero-order valence-electron chi connectivity index (χ0n) is 65.2. The van der Waals surface area contributed by atoms with Crippen LogP contribution in [0.3, 0.4) is 0 Å². The number of amides is 5. The van der Waals surface area contributed by atoms with Crippen LogP contribution in [0.5, 0.6) is 0 Å². The molecule has 0 unspecified atom stereocenters. The summed E-state index contributed by atoms with van der Waals surface area (Å²) >= 11 is 0. The summed E-state index contributed by atoms with van der Waals surface area (Å²) < 4.78 is 94.8. The fraction of sp³-hybridized carbons (Fsp3) is 0.910. The molecule has 0 aromatic rings. The van der Waals surface area contributed by atoms with Gasteiger partial charge in [-0.15, -0.1) is 0 Å². The second-order valence-electron chi connectivity index (χ2n) is 30.1. The van der Waals surface area contributed by atoms with E-state index in [0.29, 0.717) is 0 Å². The lowest BCUT2D eigenvalue weighted by Gasteiger charge is -2.51. The highest BCUT2D eigenvalue weighted by Gasteiger charge is 2.62. The van der Waals surface area contributed by atoms with Gasteiger partial charge in [-0.05, 0) is 0 Å². The number of carboxylic acids is 1. The molecule has 54 heteroatoms. The van der Waals surface area contributed by atoms with Gasteiger partial charge in [-0.1, -0.05) is 0 Å². The summed E-state index contributed by atoms with van der Waals surface area (Å²) in [6.07, 6.45) is -86.9. The van der Waals surface area contributed by atoms with Crippen LogP contribution in [-0.2, 0) is 105 Å². The summed E-state index contributed by atoms with van der Waals surface area (Å²) in [5.41, 5.74) is 0. The topological polar surface area (TPSA) is 856 Å². The minimum atomic E-state index is -3.09. The molecule has 32 N–H and O–H groups in total. The van der Waals surface area contributed by atoms with Crippen molar-refractivity contribution in [3.05, 3.63) is 0 Å². The number of aliphatic hydroxyl groups is 26. The third-order valence-corrected chi connectivity index (χ3v) is 21.4. The first-order valence-corrected chi connectivity index (χ1v) is 38.2. The van der Waals surface area contributed by atoms with Crippen LogP contribution in [0, 0.1) is 0 Å². The van der Waals surface area contributed by atoms with E-state index >= 15 is 0 Å². The smallest absolute Gasteiger partial charge is 0.364 e. The molecule has 8 heterocycles. The molecule has 0 saturated carbocycles. The van der Waals surface area contributed by atoms with Gasteiger partial charge in [0, 0.05) is 41.0 Å². The standard InChI is InChI=1S/C67H113N5O49/c1-17(81)68-22(7-73)37(89)52(25(88)9-75)115-60-35(71-20(4)84)45(97)54(30(14-80)111-60)117-63-51(103)56(43(95)31(113-63)15-106-64-57(48(100)40(92)27(11-77)109-64)119-59-34(70-19(3)83)44(96)39(91)26(10-76)108-59)118-65-58(49(101)41(93)28(12-78)110-65)120-61-36(72-21(5)85)46(98)53(29(13-79)112-61)116-62-50(102)47(99)42(94)32(114-62)16-107-67(66(104)105)6-23(86)33(69-18(2)82)55(121-67)38(90)24(87)8-74/h22-65,73-80,86-103H,6-16H2,1-5H3,(H,68,81)(H,69,82)(H,70,83)(H,71,84)(H,72,85)(H,104,105)/t22-,23-,24+,25+,26+,27+,28+,29+,30+,31+,32+,33+,34+,35+,36+,37+,38+,39+,40+,41+,42-,43+,44+,45+,46+,47-,48-,49-,50+,51-,52+,53+,54+,55+,56-,57-,58-,59-,60-,61-,62-,63-,64-,65+,67+/m0/s1. The largest absolute Gasteiger partial charge is 0.477 e. The molecular weight excluding hydrogens is 1660 g/mol. The number of aliphatic carboxylic acids is 1. The first kappa shape index (κ1) is 102.